The fourth-order valence-electron chi connectivity index (χ4n) is 3.09. The lowest BCUT2D eigenvalue weighted by Gasteiger charge is -2.05. The topological polar surface area (TPSA) is 29.1 Å². The molecule has 1 fully saturated rings. The van der Waals surface area contributed by atoms with Crippen molar-refractivity contribution in [3.05, 3.63) is 41.4 Å². The van der Waals surface area contributed by atoms with Gasteiger partial charge in [-0.05, 0) is 49.3 Å². The molecular formula is C16H18ClNO. The molecule has 0 aliphatic heterocycles. The van der Waals surface area contributed by atoms with Crippen molar-refractivity contribution in [2.45, 2.75) is 25.7 Å². The quantitative estimate of drug-likeness (QED) is 0.803. The van der Waals surface area contributed by atoms with Gasteiger partial charge in [0.25, 0.3) is 0 Å². The Kier molecular flexibility index (Phi) is 3.61. The van der Waals surface area contributed by atoms with E-state index in [2.05, 4.69) is 17.5 Å². The van der Waals surface area contributed by atoms with Crippen LogP contribution in [0.15, 0.2) is 36.4 Å². The van der Waals surface area contributed by atoms with Crippen LogP contribution in [0.2, 0.25) is 5.02 Å². The van der Waals surface area contributed by atoms with E-state index in [1.165, 1.54) is 19.3 Å². The van der Waals surface area contributed by atoms with E-state index in [0.717, 1.165) is 12.1 Å². The smallest absolute Gasteiger partial charge is 0.228 e. The summed E-state index contributed by atoms with van der Waals surface area (Å²) in [6, 6.07) is 7.34. The summed E-state index contributed by atoms with van der Waals surface area (Å²) in [7, 11) is 0. The molecule has 0 spiro atoms. The second kappa shape index (κ2) is 5.38. The maximum Gasteiger partial charge on any atom is 0.228 e. The standard InChI is InChI=1S/C16H18ClNO/c17-11-6-5-7-12(10-11)18-16(19)15-13-8-3-1-2-4-9-14(13)15/h3,5-8,10,13-15H,1-2,4,9H2,(H,18,19). The molecule has 100 valence electrons. The predicted octanol–water partition coefficient (Wildman–Crippen LogP) is 4.27. The number of amides is 1. The zero-order valence-electron chi connectivity index (χ0n) is 10.8. The molecule has 0 heterocycles. The highest BCUT2D eigenvalue weighted by atomic mass is 35.5. The van der Waals surface area contributed by atoms with Gasteiger partial charge in [0.15, 0.2) is 0 Å². The molecule has 0 bridgehead atoms. The molecule has 1 aromatic carbocycles. The maximum absolute atomic E-state index is 12.3. The number of carbonyl (C=O) groups excluding carboxylic acids is 1. The number of carbonyl (C=O) groups is 1. The minimum atomic E-state index is 0.142. The average molecular weight is 276 g/mol. The van der Waals surface area contributed by atoms with Gasteiger partial charge < -0.3 is 5.32 Å². The maximum atomic E-state index is 12.3. The first-order valence-electron chi connectivity index (χ1n) is 6.99. The minimum absolute atomic E-state index is 0.142. The van der Waals surface area contributed by atoms with Crippen molar-refractivity contribution in [3.8, 4) is 0 Å². The Labute approximate surface area is 118 Å². The van der Waals surface area contributed by atoms with E-state index in [9.17, 15) is 4.79 Å². The molecule has 1 aromatic rings. The number of rotatable bonds is 2. The number of hydrogen-bond acceptors (Lipinski definition) is 1. The summed E-state index contributed by atoms with van der Waals surface area (Å²) in [5.41, 5.74) is 0.792. The van der Waals surface area contributed by atoms with Gasteiger partial charge >= 0.3 is 0 Å². The van der Waals surface area contributed by atoms with E-state index in [4.69, 9.17) is 11.6 Å². The summed E-state index contributed by atoms with van der Waals surface area (Å²) in [5.74, 6) is 1.31. The number of halogens is 1. The fourth-order valence-corrected chi connectivity index (χ4v) is 3.28. The van der Waals surface area contributed by atoms with Crippen LogP contribution in [0.25, 0.3) is 0 Å². The highest BCUT2D eigenvalue weighted by molar-refractivity contribution is 6.30. The molecule has 1 amide bonds. The molecule has 3 rings (SSSR count). The van der Waals surface area contributed by atoms with Gasteiger partial charge in [-0.1, -0.05) is 36.2 Å². The van der Waals surface area contributed by atoms with Gasteiger partial charge in [-0.15, -0.1) is 0 Å². The lowest BCUT2D eigenvalue weighted by atomic mass is 10.1. The first-order valence-corrected chi connectivity index (χ1v) is 7.36. The third-order valence-electron chi connectivity index (χ3n) is 4.14. The Morgan fingerprint density at radius 2 is 2.21 bits per heavy atom. The zero-order valence-corrected chi connectivity index (χ0v) is 11.6. The van der Waals surface area contributed by atoms with E-state index in [1.807, 2.05) is 18.2 Å². The van der Waals surface area contributed by atoms with E-state index >= 15 is 0 Å². The number of hydrogen-bond donors (Lipinski definition) is 1. The van der Waals surface area contributed by atoms with Crippen molar-refractivity contribution in [2.75, 3.05) is 5.32 Å². The average Bonchev–Trinajstić information content (AvgIpc) is 3.00. The van der Waals surface area contributed by atoms with Crippen LogP contribution in [-0.4, -0.2) is 5.91 Å². The lowest BCUT2D eigenvalue weighted by molar-refractivity contribution is -0.117. The molecule has 2 aliphatic carbocycles. The fraction of sp³-hybridized carbons (Fsp3) is 0.438. The van der Waals surface area contributed by atoms with E-state index in [1.54, 1.807) is 6.07 Å². The number of allylic oxidation sites excluding steroid dienone is 2. The van der Waals surface area contributed by atoms with Gasteiger partial charge in [-0.25, -0.2) is 0 Å². The van der Waals surface area contributed by atoms with Crippen LogP contribution in [0.3, 0.4) is 0 Å². The number of nitrogens with one attached hydrogen (secondary N) is 1. The van der Waals surface area contributed by atoms with Gasteiger partial charge in [0, 0.05) is 16.6 Å². The van der Waals surface area contributed by atoms with Crippen LogP contribution in [0, 0.1) is 17.8 Å². The molecule has 3 atom stereocenters. The highest BCUT2D eigenvalue weighted by Gasteiger charge is 2.52. The molecule has 3 heteroatoms. The largest absolute Gasteiger partial charge is 0.326 e. The van der Waals surface area contributed by atoms with Crippen LogP contribution in [0.5, 0.6) is 0 Å². The van der Waals surface area contributed by atoms with Crippen molar-refractivity contribution < 1.29 is 4.79 Å². The summed E-state index contributed by atoms with van der Waals surface area (Å²) in [6.07, 6.45) is 9.32. The number of fused-ring (bicyclic) bond motifs is 1. The van der Waals surface area contributed by atoms with Crippen molar-refractivity contribution in [1.82, 2.24) is 0 Å². The number of anilines is 1. The van der Waals surface area contributed by atoms with Gasteiger partial charge in [0.1, 0.15) is 0 Å². The van der Waals surface area contributed by atoms with Crippen molar-refractivity contribution in [3.63, 3.8) is 0 Å². The Hall–Kier alpha value is -1.28. The van der Waals surface area contributed by atoms with Crippen LogP contribution in [-0.2, 0) is 4.79 Å². The first-order chi connectivity index (χ1) is 9.25. The van der Waals surface area contributed by atoms with Crippen molar-refractivity contribution >= 4 is 23.2 Å². The Morgan fingerprint density at radius 1 is 1.32 bits per heavy atom. The Bertz CT molecular complexity index is 511. The Balaban J connectivity index is 1.65. The van der Waals surface area contributed by atoms with E-state index in [-0.39, 0.29) is 11.8 Å². The summed E-state index contributed by atoms with van der Waals surface area (Å²) >= 11 is 5.93. The molecule has 0 aromatic heterocycles. The molecule has 3 unspecified atom stereocenters. The molecule has 2 nitrogen and oxygen atoms in total. The van der Waals surface area contributed by atoms with E-state index < -0.39 is 0 Å². The van der Waals surface area contributed by atoms with Crippen molar-refractivity contribution in [2.24, 2.45) is 17.8 Å². The monoisotopic (exact) mass is 275 g/mol. The van der Waals surface area contributed by atoms with Crippen LogP contribution < -0.4 is 5.32 Å². The molecule has 0 radical (unpaired) electrons. The second-order valence-electron chi connectivity index (χ2n) is 5.48. The molecule has 0 saturated heterocycles. The second-order valence-corrected chi connectivity index (χ2v) is 5.92. The molecule has 1 N–H and O–H groups in total. The molecule has 2 aliphatic rings. The normalized spacial score (nSPS) is 29.0. The minimum Gasteiger partial charge on any atom is -0.326 e. The van der Waals surface area contributed by atoms with Crippen LogP contribution in [0.4, 0.5) is 5.69 Å². The van der Waals surface area contributed by atoms with Gasteiger partial charge in [-0.2, -0.15) is 0 Å². The summed E-state index contributed by atoms with van der Waals surface area (Å²) in [4.78, 5) is 12.3. The summed E-state index contributed by atoms with van der Waals surface area (Å²) in [6.45, 7) is 0. The molecule has 1 saturated carbocycles. The summed E-state index contributed by atoms with van der Waals surface area (Å²) < 4.78 is 0. The van der Waals surface area contributed by atoms with Gasteiger partial charge in [0.05, 0.1) is 0 Å². The highest BCUT2D eigenvalue weighted by Crippen LogP contribution is 2.51. The lowest BCUT2D eigenvalue weighted by Crippen LogP contribution is -2.15. The first kappa shape index (κ1) is 12.7. The SMILES string of the molecule is O=C(Nc1cccc(Cl)c1)C1C2C=CCCCCC21. The molecular weight excluding hydrogens is 258 g/mol. The Morgan fingerprint density at radius 3 is 3.05 bits per heavy atom. The zero-order chi connectivity index (χ0) is 13.2. The number of benzene rings is 1. The van der Waals surface area contributed by atoms with Gasteiger partial charge in [0.2, 0.25) is 5.91 Å². The summed E-state index contributed by atoms with van der Waals surface area (Å²) in [5, 5.41) is 3.64. The third-order valence-corrected chi connectivity index (χ3v) is 4.38. The van der Waals surface area contributed by atoms with Crippen LogP contribution in [0.1, 0.15) is 25.7 Å². The van der Waals surface area contributed by atoms with Crippen LogP contribution >= 0.6 is 11.6 Å². The van der Waals surface area contributed by atoms with Gasteiger partial charge in [-0.3, -0.25) is 4.79 Å². The predicted molar refractivity (Wildman–Crippen MR) is 78.2 cm³/mol. The third kappa shape index (κ3) is 2.84. The van der Waals surface area contributed by atoms with E-state index in [0.29, 0.717) is 16.9 Å². The van der Waals surface area contributed by atoms with Crippen molar-refractivity contribution in [1.29, 1.82) is 0 Å². The molecule has 19 heavy (non-hydrogen) atoms.